The number of ether oxygens (including phenoxy) is 1. The summed E-state index contributed by atoms with van der Waals surface area (Å²) in [5, 5.41) is 14.3. The van der Waals surface area contributed by atoms with E-state index in [1.165, 1.54) is 16.4 Å². The third-order valence-corrected chi connectivity index (χ3v) is 7.41. The number of aryl methyl sites for hydroxylation is 1. The molecule has 31 heavy (non-hydrogen) atoms. The topological polar surface area (TPSA) is 88.2 Å². The van der Waals surface area contributed by atoms with Crippen LogP contribution >= 0.6 is 11.6 Å². The summed E-state index contributed by atoms with van der Waals surface area (Å²) in [7, 11) is -1.86. The van der Waals surface area contributed by atoms with Crippen LogP contribution < -0.4 is 0 Å². The number of benzene rings is 2. The number of nitriles is 1. The molecule has 0 amide bonds. The molecule has 4 rings (SSSR count). The molecule has 1 aliphatic rings. The molecule has 0 fully saturated rings. The molecular formula is C22H21ClN4O3S. The van der Waals surface area contributed by atoms with Crippen LogP contribution in [0.3, 0.4) is 0 Å². The minimum Gasteiger partial charge on any atom is -0.370 e. The Balaban J connectivity index is 1.51. The Hall–Kier alpha value is -2.70. The summed E-state index contributed by atoms with van der Waals surface area (Å²) in [4.78, 5) is 0.124. The van der Waals surface area contributed by atoms with Crippen molar-refractivity contribution in [2.75, 3.05) is 6.54 Å². The molecule has 0 radical (unpaired) electrons. The van der Waals surface area contributed by atoms with E-state index in [1.807, 2.05) is 37.4 Å². The molecule has 1 aromatic heterocycles. The molecule has 1 aliphatic heterocycles. The van der Waals surface area contributed by atoms with Crippen LogP contribution in [0.2, 0.25) is 5.02 Å². The predicted molar refractivity (Wildman–Crippen MR) is 116 cm³/mol. The van der Waals surface area contributed by atoms with Gasteiger partial charge in [0.1, 0.15) is 0 Å². The average molecular weight is 457 g/mol. The van der Waals surface area contributed by atoms with Gasteiger partial charge in [0.05, 0.1) is 35.4 Å². The van der Waals surface area contributed by atoms with Gasteiger partial charge in [-0.05, 0) is 35.9 Å². The molecule has 0 N–H and O–H groups in total. The van der Waals surface area contributed by atoms with E-state index >= 15 is 0 Å². The molecule has 0 saturated carbocycles. The van der Waals surface area contributed by atoms with Crippen molar-refractivity contribution in [3.8, 4) is 6.07 Å². The standard InChI is InChI=1S/C22H21ClN4O3S/c1-26-22-9-10-27(31(28,29)19-4-2-3-17(11-19)12-24)13-20(22)21(25-26)15-30-14-16-5-7-18(23)8-6-16/h2-8,11H,9-10,13-15H2,1H3. The van der Waals surface area contributed by atoms with Crippen LogP contribution in [0.1, 0.15) is 28.1 Å². The Bertz CT molecular complexity index is 1250. The fraction of sp³-hybridized carbons (Fsp3) is 0.273. The number of hydrogen-bond donors (Lipinski definition) is 0. The van der Waals surface area contributed by atoms with E-state index in [2.05, 4.69) is 5.10 Å². The van der Waals surface area contributed by atoms with Crippen LogP contribution in [-0.4, -0.2) is 29.0 Å². The number of sulfonamides is 1. The third kappa shape index (κ3) is 4.50. The molecule has 0 aliphatic carbocycles. The van der Waals surface area contributed by atoms with Gasteiger partial charge in [-0.25, -0.2) is 8.42 Å². The summed E-state index contributed by atoms with van der Waals surface area (Å²) in [5.74, 6) is 0. The molecule has 0 atom stereocenters. The van der Waals surface area contributed by atoms with Gasteiger partial charge in [-0.1, -0.05) is 29.8 Å². The Morgan fingerprint density at radius 3 is 2.71 bits per heavy atom. The van der Waals surface area contributed by atoms with E-state index in [4.69, 9.17) is 21.6 Å². The van der Waals surface area contributed by atoms with Crippen molar-refractivity contribution in [3.63, 3.8) is 0 Å². The molecule has 0 spiro atoms. The molecule has 9 heteroatoms. The highest BCUT2D eigenvalue weighted by Gasteiger charge is 2.32. The maximum atomic E-state index is 13.2. The van der Waals surface area contributed by atoms with Crippen molar-refractivity contribution >= 4 is 21.6 Å². The van der Waals surface area contributed by atoms with Gasteiger partial charge in [0, 0.05) is 42.8 Å². The largest absolute Gasteiger partial charge is 0.370 e. The van der Waals surface area contributed by atoms with Crippen LogP contribution in [0.5, 0.6) is 0 Å². The smallest absolute Gasteiger partial charge is 0.243 e. The van der Waals surface area contributed by atoms with Crippen LogP contribution in [-0.2, 0) is 48.0 Å². The summed E-state index contributed by atoms with van der Waals surface area (Å²) in [6.07, 6.45) is 0.563. The van der Waals surface area contributed by atoms with E-state index in [-0.39, 0.29) is 18.0 Å². The average Bonchev–Trinajstić information content (AvgIpc) is 3.10. The number of aromatic nitrogens is 2. The van der Waals surface area contributed by atoms with Crippen molar-refractivity contribution in [2.24, 2.45) is 7.05 Å². The highest BCUT2D eigenvalue weighted by Crippen LogP contribution is 2.28. The first-order valence-corrected chi connectivity index (χ1v) is 11.6. The predicted octanol–water partition coefficient (Wildman–Crippen LogP) is 3.41. The van der Waals surface area contributed by atoms with Crippen molar-refractivity contribution in [2.45, 2.75) is 31.1 Å². The van der Waals surface area contributed by atoms with E-state index in [9.17, 15) is 8.42 Å². The number of rotatable bonds is 6. The lowest BCUT2D eigenvalue weighted by atomic mass is 10.1. The van der Waals surface area contributed by atoms with E-state index in [0.717, 1.165) is 22.5 Å². The number of fused-ring (bicyclic) bond motifs is 1. The van der Waals surface area contributed by atoms with Crippen LogP contribution in [0, 0.1) is 11.3 Å². The molecular weight excluding hydrogens is 436 g/mol. The number of halogens is 1. The van der Waals surface area contributed by atoms with Crippen LogP contribution in [0.15, 0.2) is 53.4 Å². The quantitative estimate of drug-likeness (QED) is 0.567. The van der Waals surface area contributed by atoms with Gasteiger partial charge in [0.15, 0.2) is 0 Å². The molecule has 7 nitrogen and oxygen atoms in total. The van der Waals surface area contributed by atoms with Gasteiger partial charge in [-0.15, -0.1) is 0 Å². The minimum atomic E-state index is -3.72. The first-order valence-electron chi connectivity index (χ1n) is 9.74. The summed E-state index contributed by atoms with van der Waals surface area (Å²) in [6.45, 7) is 1.27. The zero-order valence-electron chi connectivity index (χ0n) is 17.0. The summed E-state index contributed by atoms with van der Waals surface area (Å²) in [6, 6.07) is 15.5. The van der Waals surface area contributed by atoms with Gasteiger partial charge in [-0.2, -0.15) is 14.7 Å². The van der Waals surface area contributed by atoms with E-state index in [0.29, 0.717) is 30.2 Å². The monoisotopic (exact) mass is 456 g/mol. The summed E-state index contributed by atoms with van der Waals surface area (Å²) in [5.41, 5.74) is 3.94. The van der Waals surface area contributed by atoms with Crippen LogP contribution in [0.25, 0.3) is 0 Å². The lowest BCUT2D eigenvalue weighted by Crippen LogP contribution is -2.36. The van der Waals surface area contributed by atoms with Gasteiger partial charge in [0.2, 0.25) is 10.0 Å². The molecule has 3 aromatic rings. The van der Waals surface area contributed by atoms with Crippen molar-refractivity contribution < 1.29 is 13.2 Å². The zero-order chi connectivity index (χ0) is 22.0. The molecule has 0 bridgehead atoms. The van der Waals surface area contributed by atoms with Gasteiger partial charge in [-0.3, -0.25) is 4.68 Å². The number of hydrogen-bond acceptors (Lipinski definition) is 5. The summed E-state index contributed by atoms with van der Waals surface area (Å²) < 4.78 is 35.4. The molecule has 0 saturated heterocycles. The van der Waals surface area contributed by atoms with Crippen molar-refractivity contribution in [3.05, 3.63) is 81.6 Å². The van der Waals surface area contributed by atoms with Crippen LogP contribution in [0.4, 0.5) is 0 Å². The maximum absolute atomic E-state index is 13.2. The van der Waals surface area contributed by atoms with E-state index in [1.54, 1.807) is 16.8 Å². The summed E-state index contributed by atoms with van der Waals surface area (Å²) >= 11 is 5.91. The Kier molecular flexibility index (Phi) is 6.12. The maximum Gasteiger partial charge on any atom is 0.243 e. The van der Waals surface area contributed by atoms with Gasteiger partial charge < -0.3 is 4.74 Å². The highest BCUT2D eigenvalue weighted by molar-refractivity contribution is 7.89. The van der Waals surface area contributed by atoms with Crippen molar-refractivity contribution in [1.82, 2.24) is 14.1 Å². The first-order chi connectivity index (χ1) is 14.9. The number of nitrogens with zero attached hydrogens (tertiary/aromatic N) is 4. The lowest BCUT2D eigenvalue weighted by molar-refractivity contribution is 0.103. The second kappa shape index (κ2) is 8.81. The molecule has 2 heterocycles. The Labute approximate surface area is 186 Å². The second-order valence-electron chi connectivity index (χ2n) is 7.34. The van der Waals surface area contributed by atoms with Gasteiger partial charge >= 0.3 is 0 Å². The zero-order valence-corrected chi connectivity index (χ0v) is 18.5. The van der Waals surface area contributed by atoms with Crippen molar-refractivity contribution in [1.29, 1.82) is 5.26 Å². The second-order valence-corrected chi connectivity index (χ2v) is 9.72. The van der Waals surface area contributed by atoms with Gasteiger partial charge in [0.25, 0.3) is 0 Å². The molecule has 160 valence electrons. The normalized spacial score (nSPS) is 14.2. The Morgan fingerprint density at radius 1 is 1.19 bits per heavy atom. The SMILES string of the molecule is Cn1nc(COCc2ccc(Cl)cc2)c2c1CCN(S(=O)(=O)c1cccc(C#N)c1)C2. The molecule has 0 unspecified atom stereocenters. The first kappa shape index (κ1) is 21.5. The van der Waals surface area contributed by atoms with E-state index < -0.39 is 10.0 Å². The minimum absolute atomic E-state index is 0.124. The third-order valence-electron chi connectivity index (χ3n) is 5.31. The lowest BCUT2D eigenvalue weighted by Gasteiger charge is -2.27. The molecule has 2 aromatic carbocycles. The highest BCUT2D eigenvalue weighted by atomic mass is 35.5. The Morgan fingerprint density at radius 2 is 1.97 bits per heavy atom. The fourth-order valence-corrected chi connectivity index (χ4v) is 5.27. The fourth-order valence-electron chi connectivity index (χ4n) is 3.69.